The summed E-state index contributed by atoms with van der Waals surface area (Å²) in [7, 11) is 1.73. The molecule has 2 N–H and O–H groups in total. The average molecular weight is 411 g/mol. The Morgan fingerprint density at radius 1 is 0.800 bits per heavy atom. The van der Waals surface area contributed by atoms with Crippen LogP contribution in [0.5, 0.6) is 11.5 Å². The van der Waals surface area contributed by atoms with Crippen LogP contribution in [0.3, 0.4) is 0 Å². The summed E-state index contributed by atoms with van der Waals surface area (Å²) in [6.07, 6.45) is 8.50. The van der Waals surface area contributed by atoms with E-state index in [0.717, 1.165) is 24.1 Å². The SMILES string of the molecule is COc1cc(C[NH+]2CCC([NH+]3CCCCCC3)CC2)ccc1OCc1ccccc1. The van der Waals surface area contributed by atoms with Crippen molar-refractivity contribution in [1.82, 2.24) is 0 Å². The topological polar surface area (TPSA) is 27.3 Å². The van der Waals surface area contributed by atoms with Crippen LogP contribution in [0, 0.1) is 0 Å². The summed E-state index contributed by atoms with van der Waals surface area (Å²) in [6.45, 7) is 7.04. The van der Waals surface area contributed by atoms with Gasteiger partial charge in [0.25, 0.3) is 0 Å². The largest absolute Gasteiger partial charge is 0.493 e. The minimum Gasteiger partial charge on any atom is -0.493 e. The van der Waals surface area contributed by atoms with E-state index in [9.17, 15) is 0 Å². The lowest BCUT2D eigenvalue weighted by Gasteiger charge is -2.34. The molecule has 4 heteroatoms. The second-order valence-electron chi connectivity index (χ2n) is 9.03. The Balaban J connectivity index is 1.29. The molecular weight excluding hydrogens is 372 g/mol. The molecule has 4 nitrogen and oxygen atoms in total. The van der Waals surface area contributed by atoms with Crippen LogP contribution in [-0.2, 0) is 13.2 Å². The number of hydrogen-bond acceptors (Lipinski definition) is 2. The highest BCUT2D eigenvalue weighted by atomic mass is 16.5. The maximum Gasteiger partial charge on any atom is 0.161 e. The molecule has 0 saturated carbocycles. The van der Waals surface area contributed by atoms with Gasteiger partial charge in [0, 0.05) is 18.4 Å². The maximum atomic E-state index is 6.02. The number of ether oxygens (including phenoxy) is 2. The molecule has 2 aromatic rings. The van der Waals surface area contributed by atoms with E-state index in [0.29, 0.717) is 6.61 Å². The smallest absolute Gasteiger partial charge is 0.161 e. The first kappa shape index (κ1) is 21.2. The van der Waals surface area contributed by atoms with Gasteiger partial charge < -0.3 is 19.3 Å². The lowest BCUT2D eigenvalue weighted by molar-refractivity contribution is -0.963. The summed E-state index contributed by atoms with van der Waals surface area (Å²) in [5.74, 6) is 1.66. The summed E-state index contributed by atoms with van der Waals surface area (Å²) in [6, 6.07) is 17.6. The molecule has 0 unspecified atom stereocenters. The number of piperidine rings is 1. The predicted molar refractivity (Wildman–Crippen MR) is 120 cm³/mol. The third-order valence-corrected chi connectivity index (χ3v) is 6.94. The number of benzene rings is 2. The van der Waals surface area contributed by atoms with Gasteiger partial charge in [-0.05, 0) is 49.4 Å². The second-order valence-corrected chi connectivity index (χ2v) is 9.03. The molecule has 2 aromatic carbocycles. The van der Waals surface area contributed by atoms with E-state index >= 15 is 0 Å². The van der Waals surface area contributed by atoms with Crippen molar-refractivity contribution in [3.05, 3.63) is 59.7 Å². The van der Waals surface area contributed by atoms with Crippen molar-refractivity contribution in [3.8, 4) is 11.5 Å². The van der Waals surface area contributed by atoms with Crippen LogP contribution < -0.4 is 19.3 Å². The molecule has 162 valence electrons. The summed E-state index contributed by atoms with van der Waals surface area (Å²) in [5.41, 5.74) is 2.51. The van der Waals surface area contributed by atoms with Crippen LogP contribution in [0.2, 0.25) is 0 Å². The van der Waals surface area contributed by atoms with Crippen molar-refractivity contribution < 1.29 is 19.3 Å². The molecule has 30 heavy (non-hydrogen) atoms. The van der Waals surface area contributed by atoms with Gasteiger partial charge in [-0.25, -0.2) is 0 Å². The van der Waals surface area contributed by atoms with E-state index in [1.807, 2.05) is 23.1 Å². The lowest BCUT2D eigenvalue weighted by Crippen LogP contribution is -3.20. The van der Waals surface area contributed by atoms with Crippen LogP contribution >= 0.6 is 0 Å². The Morgan fingerprint density at radius 3 is 2.23 bits per heavy atom. The van der Waals surface area contributed by atoms with Gasteiger partial charge in [-0.1, -0.05) is 30.3 Å². The van der Waals surface area contributed by atoms with Gasteiger partial charge >= 0.3 is 0 Å². The molecule has 0 aliphatic carbocycles. The Bertz CT molecular complexity index is 764. The van der Waals surface area contributed by atoms with E-state index in [-0.39, 0.29) is 0 Å². The molecule has 0 amide bonds. The molecule has 2 heterocycles. The van der Waals surface area contributed by atoms with Crippen molar-refractivity contribution >= 4 is 0 Å². The summed E-state index contributed by atoms with van der Waals surface area (Å²) < 4.78 is 11.7. The van der Waals surface area contributed by atoms with Crippen LogP contribution in [0.25, 0.3) is 0 Å². The van der Waals surface area contributed by atoms with E-state index in [1.165, 1.54) is 75.8 Å². The molecule has 2 fully saturated rings. The molecule has 2 saturated heterocycles. The molecule has 0 atom stereocenters. The number of quaternary nitrogens is 2. The van der Waals surface area contributed by atoms with Gasteiger partial charge in [-0.3, -0.25) is 0 Å². The fourth-order valence-corrected chi connectivity index (χ4v) is 5.17. The van der Waals surface area contributed by atoms with Crippen molar-refractivity contribution in [3.63, 3.8) is 0 Å². The first-order valence-electron chi connectivity index (χ1n) is 11.8. The highest BCUT2D eigenvalue weighted by Crippen LogP contribution is 2.28. The minimum absolute atomic E-state index is 0.564. The number of hydrogen-bond donors (Lipinski definition) is 2. The van der Waals surface area contributed by atoms with Gasteiger partial charge in [0.2, 0.25) is 0 Å². The van der Waals surface area contributed by atoms with Crippen molar-refractivity contribution in [2.45, 2.75) is 57.7 Å². The highest BCUT2D eigenvalue weighted by molar-refractivity contribution is 5.42. The van der Waals surface area contributed by atoms with Crippen LogP contribution in [0.4, 0.5) is 0 Å². The van der Waals surface area contributed by atoms with Crippen molar-refractivity contribution in [1.29, 1.82) is 0 Å². The number of rotatable bonds is 7. The third kappa shape index (κ3) is 5.77. The van der Waals surface area contributed by atoms with Crippen LogP contribution in [0.15, 0.2) is 48.5 Å². The first-order valence-corrected chi connectivity index (χ1v) is 11.8. The molecular formula is C26H38N2O2+2. The number of likely N-dealkylation sites (tertiary alicyclic amines) is 2. The number of methoxy groups -OCH3 is 1. The second kappa shape index (κ2) is 10.8. The zero-order chi connectivity index (χ0) is 20.6. The monoisotopic (exact) mass is 410 g/mol. The molecule has 0 radical (unpaired) electrons. The van der Waals surface area contributed by atoms with Gasteiger partial charge in [-0.2, -0.15) is 0 Å². The Morgan fingerprint density at radius 2 is 1.53 bits per heavy atom. The molecule has 0 aromatic heterocycles. The fourth-order valence-electron chi connectivity index (χ4n) is 5.17. The van der Waals surface area contributed by atoms with Gasteiger partial charge in [-0.15, -0.1) is 0 Å². The normalized spacial score (nSPS) is 23.0. The van der Waals surface area contributed by atoms with E-state index in [4.69, 9.17) is 9.47 Å². The van der Waals surface area contributed by atoms with E-state index < -0.39 is 0 Å². The maximum absolute atomic E-state index is 6.02. The predicted octanol–water partition coefficient (Wildman–Crippen LogP) is 2.28. The Kier molecular flexibility index (Phi) is 7.65. The van der Waals surface area contributed by atoms with Gasteiger partial charge in [0.15, 0.2) is 11.5 Å². The zero-order valence-electron chi connectivity index (χ0n) is 18.5. The Labute approximate surface area is 181 Å². The van der Waals surface area contributed by atoms with Gasteiger partial charge in [0.05, 0.1) is 39.3 Å². The Hall–Kier alpha value is -2.04. The standard InChI is InChI=1S/C26H36N2O2/c1-29-26-19-23(11-12-25(26)30-21-22-9-5-4-6-10-22)20-27-17-13-24(14-18-27)28-15-7-2-3-8-16-28/h4-6,9-12,19,24H,2-3,7-8,13-18,20-21H2,1H3/p+2. The average Bonchev–Trinajstić information content (AvgIpc) is 3.09. The molecule has 0 bridgehead atoms. The summed E-state index contributed by atoms with van der Waals surface area (Å²) in [4.78, 5) is 3.61. The van der Waals surface area contributed by atoms with Crippen molar-refractivity contribution in [2.24, 2.45) is 0 Å². The third-order valence-electron chi connectivity index (χ3n) is 6.94. The van der Waals surface area contributed by atoms with E-state index in [2.05, 4.69) is 30.3 Å². The highest BCUT2D eigenvalue weighted by Gasteiger charge is 2.30. The fraction of sp³-hybridized carbons (Fsp3) is 0.538. The molecule has 4 rings (SSSR count). The number of nitrogens with one attached hydrogen (secondary N) is 2. The van der Waals surface area contributed by atoms with E-state index in [1.54, 1.807) is 12.0 Å². The zero-order valence-corrected chi connectivity index (χ0v) is 18.5. The molecule has 0 spiro atoms. The molecule has 2 aliphatic rings. The molecule has 2 aliphatic heterocycles. The van der Waals surface area contributed by atoms with Gasteiger partial charge in [0.1, 0.15) is 13.2 Å². The van der Waals surface area contributed by atoms with Crippen LogP contribution in [-0.4, -0.2) is 39.3 Å². The van der Waals surface area contributed by atoms with Crippen molar-refractivity contribution in [2.75, 3.05) is 33.3 Å². The first-order chi connectivity index (χ1) is 14.8. The quantitative estimate of drug-likeness (QED) is 0.733. The summed E-state index contributed by atoms with van der Waals surface area (Å²) >= 11 is 0. The lowest BCUT2D eigenvalue weighted by atomic mass is 10.0. The minimum atomic E-state index is 0.564. The van der Waals surface area contributed by atoms with Crippen LogP contribution in [0.1, 0.15) is 49.7 Å². The summed E-state index contributed by atoms with van der Waals surface area (Å²) in [5, 5.41) is 0.